The van der Waals surface area contributed by atoms with Crippen LogP contribution in [-0.2, 0) is 21.3 Å². The Labute approximate surface area is 169 Å². The summed E-state index contributed by atoms with van der Waals surface area (Å²) in [6, 6.07) is 8.11. The molecule has 1 aliphatic rings. The van der Waals surface area contributed by atoms with Crippen LogP contribution in [-0.4, -0.2) is 26.9 Å². The monoisotopic (exact) mass is 402 g/mol. The molecular formula is C22H30N2O3S. The first kappa shape index (κ1) is 20.8. The lowest BCUT2D eigenvalue weighted by molar-refractivity contribution is -0.120. The molecule has 0 bridgehead atoms. The van der Waals surface area contributed by atoms with Crippen molar-refractivity contribution >= 4 is 16.7 Å². The highest BCUT2D eigenvalue weighted by Gasteiger charge is 2.28. The van der Waals surface area contributed by atoms with Gasteiger partial charge in [-0.05, 0) is 44.2 Å². The number of carbonyl (C=O) groups is 1. The zero-order chi connectivity index (χ0) is 20.3. The van der Waals surface area contributed by atoms with Gasteiger partial charge in [0.1, 0.15) is 11.5 Å². The average Bonchev–Trinajstić information content (AvgIpc) is 2.99. The van der Waals surface area contributed by atoms with E-state index < -0.39 is 10.8 Å². The summed E-state index contributed by atoms with van der Waals surface area (Å²) in [6.45, 7) is 8.27. The topological polar surface area (TPSA) is 72.2 Å². The van der Waals surface area contributed by atoms with Crippen LogP contribution in [0, 0.1) is 25.7 Å². The SMILES string of the molecule is Cc1cccc(-c2nc(C[S@](=O)CC(=O)N[C@@H]3CCC[C@@H](C)[C@H]3C)c(C)o2)c1. The van der Waals surface area contributed by atoms with Gasteiger partial charge in [-0.2, -0.15) is 0 Å². The van der Waals surface area contributed by atoms with Crippen LogP contribution >= 0.6 is 0 Å². The summed E-state index contributed by atoms with van der Waals surface area (Å²) in [5.74, 6) is 2.35. The van der Waals surface area contributed by atoms with E-state index in [9.17, 15) is 9.00 Å². The molecule has 28 heavy (non-hydrogen) atoms. The lowest BCUT2D eigenvalue weighted by Gasteiger charge is -2.34. The predicted molar refractivity (Wildman–Crippen MR) is 112 cm³/mol. The van der Waals surface area contributed by atoms with E-state index in [4.69, 9.17) is 4.42 Å². The van der Waals surface area contributed by atoms with Gasteiger partial charge < -0.3 is 9.73 Å². The molecule has 6 heteroatoms. The Kier molecular flexibility index (Phi) is 6.70. The minimum atomic E-state index is -1.32. The van der Waals surface area contributed by atoms with Gasteiger partial charge in [0.2, 0.25) is 11.8 Å². The fourth-order valence-electron chi connectivity index (χ4n) is 3.85. The molecule has 1 aliphatic carbocycles. The van der Waals surface area contributed by atoms with Gasteiger partial charge in [-0.15, -0.1) is 0 Å². The molecular weight excluding hydrogens is 372 g/mol. The number of aromatic nitrogens is 1. The summed E-state index contributed by atoms with van der Waals surface area (Å²) >= 11 is 0. The molecule has 1 fully saturated rings. The number of aryl methyl sites for hydroxylation is 2. The maximum atomic E-state index is 12.5. The summed E-state index contributed by atoms with van der Waals surface area (Å²) in [7, 11) is -1.32. The number of nitrogens with zero attached hydrogens (tertiary/aromatic N) is 1. The molecule has 4 atom stereocenters. The van der Waals surface area contributed by atoms with Crippen LogP contribution in [0.25, 0.3) is 11.5 Å². The fraction of sp³-hybridized carbons (Fsp3) is 0.545. The van der Waals surface area contributed by atoms with Gasteiger partial charge in [-0.3, -0.25) is 9.00 Å². The Morgan fingerprint density at radius 1 is 1.29 bits per heavy atom. The third-order valence-corrected chi connectivity index (χ3v) is 6.98. The summed E-state index contributed by atoms with van der Waals surface area (Å²) in [5, 5.41) is 3.09. The van der Waals surface area contributed by atoms with Crippen molar-refractivity contribution in [2.45, 2.75) is 58.8 Å². The van der Waals surface area contributed by atoms with Gasteiger partial charge >= 0.3 is 0 Å². The smallest absolute Gasteiger partial charge is 0.232 e. The lowest BCUT2D eigenvalue weighted by atomic mass is 9.78. The third kappa shape index (κ3) is 5.10. The fourth-order valence-corrected chi connectivity index (χ4v) is 4.90. The molecule has 1 aromatic carbocycles. The van der Waals surface area contributed by atoms with Gasteiger partial charge in [0.25, 0.3) is 0 Å². The highest BCUT2D eigenvalue weighted by Crippen LogP contribution is 2.29. The Bertz CT molecular complexity index is 861. The maximum Gasteiger partial charge on any atom is 0.232 e. The zero-order valence-electron chi connectivity index (χ0n) is 17.2. The van der Waals surface area contributed by atoms with E-state index in [0.717, 1.165) is 24.0 Å². The lowest BCUT2D eigenvalue weighted by Crippen LogP contribution is -2.45. The molecule has 5 nitrogen and oxygen atoms in total. The second-order valence-electron chi connectivity index (χ2n) is 8.06. The Hall–Kier alpha value is -1.95. The molecule has 0 spiro atoms. The van der Waals surface area contributed by atoms with E-state index in [1.165, 1.54) is 6.42 Å². The van der Waals surface area contributed by atoms with E-state index in [0.29, 0.717) is 29.2 Å². The molecule has 0 aliphatic heterocycles. The van der Waals surface area contributed by atoms with Gasteiger partial charge in [0.05, 0.1) is 11.4 Å². The van der Waals surface area contributed by atoms with Crippen LogP contribution < -0.4 is 5.32 Å². The van der Waals surface area contributed by atoms with Crippen molar-refractivity contribution in [3.05, 3.63) is 41.3 Å². The molecule has 2 aromatic rings. The van der Waals surface area contributed by atoms with Crippen molar-refractivity contribution in [2.75, 3.05) is 5.75 Å². The molecule has 1 amide bonds. The van der Waals surface area contributed by atoms with Gasteiger partial charge in [0.15, 0.2) is 0 Å². The standard InChI is InChI=1S/C22H30N2O3S/c1-14-7-5-9-18(11-14)22-24-20(17(4)27-22)12-28(26)13-21(25)23-19-10-6-8-15(2)16(19)3/h5,7,9,11,15-16,19H,6,8,10,12-13H2,1-4H3,(H,23,25)/t15-,16-,19-,28+/m1/s1. The van der Waals surface area contributed by atoms with E-state index in [2.05, 4.69) is 24.1 Å². The van der Waals surface area contributed by atoms with Crippen LogP contribution in [0.4, 0.5) is 0 Å². The third-order valence-electron chi connectivity index (χ3n) is 5.80. The van der Waals surface area contributed by atoms with Crippen molar-refractivity contribution in [1.29, 1.82) is 0 Å². The highest BCUT2D eigenvalue weighted by atomic mass is 32.2. The summed E-state index contributed by atoms with van der Waals surface area (Å²) < 4.78 is 18.3. The Balaban J connectivity index is 1.58. The summed E-state index contributed by atoms with van der Waals surface area (Å²) in [5.41, 5.74) is 2.68. The zero-order valence-corrected chi connectivity index (χ0v) is 18.0. The van der Waals surface area contributed by atoms with E-state index >= 15 is 0 Å². The van der Waals surface area contributed by atoms with Crippen LogP contribution in [0.5, 0.6) is 0 Å². The molecule has 1 heterocycles. The number of hydrogen-bond acceptors (Lipinski definition) is 4. The molecule has 0 saturated heterocycles. The molecule has 1 aromatic heterocycles. The van der Waals surface area contributed by atoms with Gasteiger partial charge in [-0.1, -0.05) is 44.4 Å². The molecule has 0 radical (unpaired) electrons. The van der Waals surface area contributed by atoms with Crippen molar-refractivity contribution in [3.8, 4) is 11.5 Å². The van der Waals surface area contributed by atoms with Crippen molar-refractivity contribution < 1.29 is 13.4 Å². The molecule has 152 valence electrons. The number of rotatable bonds is 6. The van der Waals surface area contributed by atoms with E-state index in [-0.39, 0.29) is 23.5 Å². The number of hydrogen-bond donors (Lipinski definition) is 1. The van der Waals surface area contributed by atoms with Gasteiger partial charge in [-0.25, -0.2) is 4.98 Å². The molecule has 0 unspecified atom stereocenters. The van der Waals surface area contributed by atoms with Crippen LogP contribution in [0.1, 0.15) is 50.1 Å². The number of carbonyl (C=O) groups excluding carboxylic acids is 1. The minimum absolute atomic E-state index is 0.00365. The van der Waals surface area contributed by atoms with Gasteiger partial charge in [0, 0.05) is 22.4 Å². The van der Waals surface area contributed by atoms with E-state index in [1.54, 1.807) is 0 Å². The highest BCUT2D eigenvalue weighted by molar-refractivity contribution is 7.84. The maximum absolute atomic E-state index is 12.5. The minimum Gasteiger partial charge on any atom is -0.441 e. The van der Waals surface area contributed by atoms with Crippen LogP contribution in [0.2, 0.25) is 0 Å². The Morgan fingerprint density at radius 2 is 2.07 bits per heavy atom. The number of nitrogens with one attached hydrogen (secondary N) is 1. The second-order valence-corrected chi connectivity index (χ2v) is 9.52. The summed E-state index contributed by atoms with van der Waals surface area (Å²) in [6.07, 6.45) is 3.36. The average molecular weight is 403 g/mol. The molecule has 1 N–H and O–H groups in total. The van der Waals surface area contributed by atoms with Crippen LogP contribution in [0.15, 0.2) is 28.7 Å². The van der Waals surface area contributed by atoms with Crippen molar-refractivity contribution in [1.82, 2.24) is 10.3 Å². The first-order chi connectivity index (χ1) is 13.3. The quantitative estimate of drug-likeness (QED) is 0.788. The normalized spacial score (nSPS) is 23.4. The second kappa shape index (κ2) is 9.03. The molecule has 1 saturated carbocycles. The summed E-state index contributed by atoms with van der Waals surface area (Å²) in [4.78, 5) is 16.9. The number of benzene rings is 1. The van der Waals surface area contributed by atoms with Crippen molar-refractivity contribution in [3.63, 3.8) is 0 Å². The van der Waals surface area contributed by atoms with Crippen molar-refractivity contribution in [2.24, 2.45) is 11.8 Å². The van der Waals surface area contributed by atoms with E-state index in [1.807, 2.05) is 38.1 Å². The number of oxazole rings is 1. The first-order valence-electron chi connectivity index (χ1n) is 10.0. The largest absolute Gasteiger partial charge is 0.441 e. The number of amides is 1. The van der Waals surface area contributed by atoms with Crippen LogP contribution in [0.3, 0.4) is 0 Å². The first-order valence-corrected chi connectivity index (χ1v) is 11.5. The molecule has 3 rings (SSSR count). The predicted octanol–water partition coefficient (Wildman–Crippen LogP) is 4.15. The Morgan fingerprint density at radius 3 is 2.82 bits per heavy atom.